The fourth-order valence-corrected chi connectivity index (χ4v) is 5.78. The van der Waals surface area contributed by atoms with Gasteiger partial charge in [0.1, 0.15) is 0 Å². The Morgan fingerprint density at radius 3 is 2.63 bits per heavy atom. The number of hydrogen-bond acceptors (Lipinski definition) is 3. The molecule has 2 aliphatic rings. The SMILES string of the molecule is CCCCN(CC(=O)N1CCc2sccc2[C@@H]1c1ccccc1)C(=O)C1CCCC1. The summed E-state index contributed by atoms with van der Waals surface area (Å²) in [5, 5.41) is 2.13. The molecule has 1 fully saturated rings. The van der Waals surface area contributed by atoms with E-state index in [0.717, 1.165) is 50.5 Å². The van der Waals surface area contributed by atoms with Crippen LogP contribution < -0.4 is 0 Å². The zero-order valence-corrected chi connectivity index (χ0v) is 18.7. The summed E-state index contributed by atoms with van der Waals surface area (Å²) in [6.07, 6.45) is 7.09. The lowest BCUT2D eigenvalue weighted by molar-refractivity contribution is -0.144. The highest BCUT2D eigenvalue weighted by Crippen LogP contribution is 2.38. The molecule has 1 atom stereocenters. The van der Waals surface area contributed by atoms with Crippen LogP contribution in [0.2, 0.25) is 0 Å². The average Bonchev–Trinajstić information content (AvgIpc) is 3.48. The van der Waals surface area contributed by atoms with Crippen molar-refractivity contribution in [3.63, 3.8) is 0 Å². The van der Waals surface area contributed by atoms with Gasteiger partial charge in [0.15, 0.2) is 0 Å². The Balaban J connectivity index is 1.56. The fourth-order valence-electron chi connectivity index (χ4n) is 4.88. The Kier molecular flexibility index (Phi) is 6.88. The summed E-state index contributed by atoms with van der Waals surface area (Å²) < 4.78 is 0. The molecule has 4 nitrogen and oxygen atoms in total. The summed E-state index contributed by atoms with van der Waals surface area (Å²) in [5.41, 5.74) is 2.39. The molecule has 1 aromatic carbocycles. The van der Waals surface area contributed by atoms with Crippen molar-refractivity contribution in [3.05, 3.63) is 57.8 Å². The second kappa shape index (κ2) is 9.78. The van der Waals surface area contributed by atoms with E-state index in [1.807, 2.05) is 28.0 Å². The molecule has 1 aliphatic heterocycles. The predicted octanol–water partition coefficient (Wildman–Crippen LogP) is 5.04. The normalized spacial score (nSPS) is 19.0. The maximum absolute atomic E-state index is 13.5. The molecular formula is C25H32N2O2S. The van der Waals surface area contributed by atoms with Gasteiger partial charge >= 0.3 is 0 Å². The first-order valence-corrected chi connectivity index (χ1v) is 12.3. The number of benzene rings is 1. The number of fused-ring (bicyclic) bond motifs is 1. The van der Waals surface area contributed by atoms with Gasteiger partial charge in [0.25, 0.3) is 0 Å². The molecule has 2 aromatic rings. The highest BCUT2D eigenvalue weighted by Gasteiger charge is 2.35. The van der Waals surface area contributed by atoms with Crippen molar-refractivity contribution in [2.45, 2.75) is 57.9 Å². The summed E-state index contributed by atoms with van der Waals surface area (Å²) in [6.45, 7) is 3.74. The molecule has 30 heavy (non-hydrogen) atoms. The molecule has 0 N–H and O–H groups in total. The predicted molar refractivity (Wildman–Crippen MR) is 121 cm³/mol. The van der Waals surface area contributed by atoms with Crippen LogP contribution in [0, 0.1) is 5.92 Å². The molecule has 0 unspecified atom stereocenters. The minimum atomic E-state index is -0.0525. The van der Waals surface area contributed by atoms with Gasteiger partial charge < -0.3 is 9.80 Å². The van der Waals surface area contributed by atoms with E-state index in [2.05, 4.69) is 30.5 Å². The van der Waals surface area contributed by atoms with Crippen molar-refractivity contribution in [1.29, 1.82) is 0 Å². The van der Waals surface area contributed by atoms with E-state index >= 15 is 0 Å². The van der Waals surface area contributed by atoms with Gasteiger partial charge in [-0.25, -0.2) is 0 Å². The standard InChI is InChI=1S/C25H32N2O2S/c1-2-3-15-26(25(29)20-11-7-8-12-20)18-23(28)27-16-13-22-21(14-17-30-22)24(27)19-9-5-4-6-10-19/h4-6,9-10,14,17,20,24H,2-3,7-8,11-13,15-16,18H2,1H3/t24-/m0/s1. The molecule has 4 rings (SSSR count). The molecule has 1 saturated carbocycles. The highest BCUT2D eigenvalue weighted by atomic mass is 32.1. The summed E-state index contributed by atoms with van der Waals surface area (Å²) in [7, 11) is 0. The lowest BCUT2D eigenvalue weighted by Crippen LogP contribution is -2.48. The number of amides is 2. The zero-order chi connectivity index (χ0) is 20.9. The van der Waals surface area contributed by atoms with E-state index in [0.29, 0.717) is 13.1 Å². The van der Waals surface area contributed by atoms with Gasteiger partial charge in [-0.3, -0.25) is 9.59 Å². The maximum Gasteiger partial charge on any atom is 0.242 e. The third-order valence-electron chi connectivity index (χ3n) is 6.53. The van der Waals surface area contributed by atoms with Crippen molar-refractivity contribution in [2.24, 2.45) is 5.92 Å². The molecule has 2 heterocycles. The van der Waals surface area contributed by atoms with E-state index < -0.39 is 0 Å². The Labute approximate surface area is 183 Å². The quantitative estimate of drug-likeness (QED) is 0.625. The minimum Gasteiger partial charge on any atom is -0.333 e. The molecule has 5 heteroatoms. The summed E-state index contributed by atoms with van der Waals surface area (Å²) in [6, 6.07) is 12.4. The molecule has 2 amide bonds. The summed E-state index contributed by atoms with van der Waals surface area (Å²) >= 11 is 1.78. The highest BCUT2D eigenvalue weighted by molar-refractivity contribution is 7.10. The monoisotopic (exact) mass is 424 g/mol. The van der Waals surface area contributed by atoms with Gasteiger partial charge in [-0.05, 0) is 48.3 Å². The first-order chi connectivity index (χ1) is 14.7. The van der Waals surface area contributed by atoms with E-state index in [4.69, 9.17) is 0 Å². The van der Waals surface area contributed by atoms with Crippen LogP contribution in [0.4, 0.5) is 0 Å². The van der Waals surface area contributed by atoms with Crippen molar-refractivity contribution >= 4 is 23.2 Å². The second-order valence-electron chi connectivity index (χ2n) is 8.54. The van der Waals surface area contributed by atoms with Crippen molar-refractivity contribution in [3.8, 4) is 0 Å². The maximum atomic E-state index is 13.5. The number of nitrogens with zero attached hydrogens (tertiary/aromatic N) is 2. The lowest BCUT2D eigenvalue weighted by Gasteiger charge is -2.38. The summed E-state index contributed by atoms with van der Waals surface area (Å²) in [5.74, 6) is 0.381. The zero-order valence-electron chi connectivity index (χ0n) is 17.9. The molecule has 1 aromatic heterocycles. The van der Waals surface area contributed by atoms with Crippen molar-refractivity contribution in [1.82, 2.24) is 9.80 Å². The van der Waals surface area contributed by atoms with E-state index in [-0.39, 0.29) is 30.3 Å². The second-order valence-corrected chi connectivity index (χ2v) is 9.54. The molecule has 0 bridgehead atoms. The largest absolute Gasteiger partial charge is 0.333 e. The van der Waals surface area contributed by atoms with Gasteiger partial charge in [0.2, 0.25) is 11.8 Å². The van der Waals surface area contributed by atoms with Crippen LogP contribution >= 0.6 is 11.3 Å². The van der Waals surface area contributed by atoms with Crippen LogP contribution in [0.3, 0.4) is 0 Å². The van der Waals surface area contributed by atoms with E-state index in [1.54, 1.807) is 11.3 Å². The number of hydrogen-bond donors (Lipinski definition) is 0. The van der Waals surface area contributed by atoms with E-state index in [9.17, 15) is 9.59 Å². The van der Waals surface area contributed by atoms with Crippen molar-refractivity contribution < 1.29 is 9.59 Å². The number of rotatable bonds is 7. The Morgan fingerprint density at radius 1 is 1.13 bits per heavy atom. The lowest BCUT2D eigenvalue weighted by atomic mass is 9.93. The van der Waals surface area contributed by atoms with Crippen LogP contribution in [0.25, 0.3) is 0 Å². The fraction of sp³-hybridized carbons (Fsp3) is 0.520. The number of unbranched alkanes of at least 4 members (excludes halogenated alkanes) is 1. The number of thiophene rings is 1. The minimum absolute atomic E-state index is 0.0525. The summed E-state index contributed by atoms with van der Waals surface area (Å²) in [4.78, 5) is 31.9. The van der Waals surface area contributed by atoms with Crippen molar-refractivity contribution in [2.75, 3.05) is 19.6 Å². The van der Waals surface area contributed by atoms with Gasteiger partial charge in [0, 0.05) is 23.9 Å². The smallest absolute Gasteiger partial charge is 0.242 e. The molecule has 160 valence electrons. The topological polar surface area (TPSA) is 40.6 Å². The van der Waals surface area contributed by atoms with Crippen LogP contribution in [0.1, 0.15) is 67.5 Å². The van der Waals surface area contributed by atoms with Gasteiger partial charge in [0.05, 0.1) is 12.6 Å². The van der Waals surface area contributed by atoms with Crippen LogP contribution in [0.5, 0.6) is 0 Å². The number of carbonyl (C=O) groups excluding carboxylic acids is 2. The average molecular weight is 425 g/mol. The third kappa shape index (κ3) is 4.46. The molecule has 0 radical (unpaired) electrons. The Bertz CT molecular complexity index is 857. The van der Waals surface area contributed by atoms with Crippen LogP contribution in [-0.4, -0.2) is 41.2 Å². The van der Waals surface area contributed by atoms with Gasteiger partial charge in [-0.1, -0.05) is 56.5 Å². The molecule has 0 saturated heterocycles. The third-order valence-corrected chi connectivity index (χ3v) is 7.52. The van der Waals surface area contributed by atoms with Gasteiger partial charge in [-0.2, -0.15) is 0 Å². The van der Waals surface area contributed by atoms with Crippen LogP contribution in [-0.2, 0) is 16.0 Å². The van der Waals surface area contributed by atoms with Crippen LogP contribution in [0.15, 0.2) is 41.8 Å². The first kappa shape index (κ1) is 21.1. The molecule has 0 spiro atoms. The number of carbonyl (C=O) groups is 2. The first-order valence-electron chi connectivity index (χ1n) is 11.4. The molecule has 1 aliphatic carbocycles. The Hall–Kier alpha value is -2.14. The molecular weight excluding hydrogens is 392 g/mol. The van der Waals surface area contributed by atoms with Gasteiger partial charge in [-0.15, -0.1) is 11.3 Å². The van der Waals surface area contributed by atoms with E-state index in [1.165, 1.54) is 10.4 Å². The Morgan fingerprint density at radius 2 is 1.90 bits per heavy atom.